The molecule has 1 heterocycles. The van der Waals surface area contributed by atoms with Gasteiger partial charge in [-0.1, -0.05) is 12.1 Å². The molecule has 1 aliphatic heterocycles. The Morgan fingerprint density at radius 2 is 2.21 bits per heavy atom. The average Bonchev–Trinajstić information content (AvgIpc) is 2.23. The summed E-state index contributed by atoms with van der Waals surface area (Å²) in [6.45, 7) is 1.68. The fourth-order valence-corrected chi connectivity index (χ4v) is 1.55. The summed E-state index contributed by atoms with van der Waals surface area (Å²) >= 11 is 0. The summed E-state index contributed by atoms with van der Waals surface area (Å²) in [7, 11) is 0. The van der Waals surface area contributed by atoms with Crippen LogP contribution in [0.15, 0.2) is 18.2 Å². The maximum absolute atomic E-state index is 13.3. The predicted octanol–water partition coefficient (Wildman–Crippen LogP) is 1.63. The molecule has 1 aliphatic rings. The zero-order valence-electron chi connectivity index (χ0n) is 7.59. The third-order valence-corrected chi connectivity index (χ3v) is 2.28. The van der Waals surface area contributed by atoms with Gasteiger partial charge >= 0.3 is 0 Å². The van der Waals surface area contributed by atoms with Crippen LogP contribution in [0.25, 0.3) is 0 Å². The molecule has 1 atom stereocenters. The monoisotopic (exact) mass is 199 g/mol. The number of rotatable bonds is 1. The first-order valence-electron chi connectivity index (χ1n) is 4.54. The quantitative estimate of drug-likeness (QED) is 0.742. The molecular formula is C10H11F2NO. The minimum absolute atomic E-state index is 0.237. The lowest BCUT2D eigenvalue weighted by Gasteiger charge is -2.24. The zero-order valence-corrected chi connectivity index (χ0v) is 7.59. The Kier molecular flexibility index (Phi) is 2.74. The highest BCUT2D eigenvalue weighted by Crippen LogP contribution is 2.20. The molecule has 1 aromatic carbocycles. The average molecular weight is 199 g/mol. The van der Waals surface area contributed by atoms with Gasteiger partial charge in [-0.05, 0) is 6.07 Å². The SMILES string of the molecule is Fc1cccc([C@H]2COCCN2)c1F. The van der Waals surface area contributed by atoms with Crippen LogP contribution in [0.5, 0.6) is 0 Å². The normalized spacial score (nSPS) is 22.3. The van der Waals surface area contributed by atoms with Crippen molar-refractivity contribution in [1.29, 1.82) is 0 Å². The van der Waals surface area contributed by atoms with Crippen molar-refractivity contribution in [2.45, 2.75) is 6.04 Å². The molecule has 0 spiro atoms. The van der Waals surface area contributed by atoms with E-state index in [-0.39, 0.29) is 6.04 Å². The van der Waals surface area contributed by atoms with Crippen molar-refractivity contribution in [3.63, 3.8) is 0 Å². The van der Waals surface area contributed by atoms with Gasteiger partial charge in [0.25, 0.3) is 0 Å². The molecule has 4 heteroatoms. The van der Waals surface area contributed by atoms with E-state index in [1.807, 2.05) is 0 Å². The largest absolute Gasteiger partial charge is 0.378 e. The van der Waals surface area contributed by atoms with E-state index in [9.17, 15) is 8.78 Å². The van der Waals surface area contributed by atoms with Crippen molar-refractivity contribution < 1.29 is 13.5 Å². The summed E-state index contributed by atoms with van der Waals surface area (Å²) in [6, 6.07) is 3.96. The Morgan fingerprint density at radius 1 is 1.36 bits per heavy atom. The molecule has 2 nitrogen and oxygen atoms in total. The van der Waals surface area contributed by atoms with E-state index in [0.29, 0.717) is 25.3 Å². The Bertz CT molecular complexity index is 324. The third kappa shape index (κ3) is 1.76. The van der Waals surface area contributed by atoms with Gasteiger partial charge in [0.2, 0.25) is 0 Å². The van der Waals surface area contributed by atoms with E-state index in [2.05, 4.69) is 5.32 Å². The van der Waals surface area contributed by atoms with Gasteiger partial charge < -0.3 is 10.1 Å². The lowest BCUT2D eigenvalue weighted by atomic mass is 10.1. The number of hydrogen-bond acceptors (Lipinski definition) is 2. The van der Waals surface area contributed by atoms with Crippen molar-refractivity contribution in [2.24, 2.45) is 0 Å². The fourth-order valence-electron chi connectivity index (χ4n) is 1.55. The number of nitrogens with one attached hydrogen (secondary N) is 1. The van der Waals surface area contributed by atoms with Gasteiger partial charge in [0.15, 0.2) is 11.6 Å². The molecule has 2 rings (SSSR count). The number of benzene rings is 1. The van der Waals surface area contributed by atoms with E-state index in [4.69, 9.17) is 4.74 Å². The minimum Gasteiger partial charge on any atom is -0.378 e. The van der Waals surface area contributed by atoms with Crippen LogP contribution >= 0.6 is 0 Å². The van der Waals surface area contributed by atoms with Crippen LogP contribution in [0.4, 0.5) is 8.78 Å². The second-order valence-corrected chi connectivity index (χ2v) is 3.22. The molecule has 0 radical (unpaired) electrons. The standard InChI is InChI=1S/C10H11F2NO/c11-8-3-1-2-7(10(8)12)9-6-14-5-4-13-9/h1-3,9,13H,4-6H2/t9-/m1/s1. The highest BCUT2D eigenvalue weighted by Gasteiger charge is 2.20. The molecule has 0 aromatic heterocycles. The molecule has 1 N–H and O–H groups in total. The van der Waals surface area contributed by atoms with Crippen molar-refractivity contribution in [2.75, 3.05) is 19.8 Å². The van der Waals surface area contributed by atoms with Crippen LogP contribution in [-0.2, 0) is 4.74 Å². The van der Waals surface area contributed by atoms with E-state index in [1.165, 1.54) is 6.07 Å². The summed E-state index contributed by atoms with van der Waals surface area (Å²) in [5, 5.41) is 3.07. The summed E-state index contributed by atoms with van der Waals surface area (Å²) in [5.41, 5.74) is 0.338. The number of ether oxygens (including phenoxy) is 1. The van der Waals surface area contributed by atoms with E-state index >= 15 is 0 Å². The lowest BCUT2D eigenvalue weighted by molar-refractivity contribution is 0.0755. The molecule has 0 bridgehead atoms. The van der Waals surface area contributed by atoms with Crippen molar-refractivity contribution in [1.82, 2.24) is 5.32 Å². The maximum Gasteiger partial charge on any atom is 0.163 e. The van der Waals surface area contributed by atoms with Gasteiger partial charge in [-0.3, -0.25) is 0 Å². The molecule has 14 heavy (non-hydrogen) atoms. The van der Waals surface area contributed by atoms with Crippen LogP contribution < -0.4 is 5.32 Å². The predicted molar refractivity (Wildman–Crippen MR) is 47.9 cm³/mol. The summed E-state index contributed by atoms with van der Waals surface area (Å²) in [5.74, 6) is -1.59. The van der Waals surface area contributed by atoms with Crippen LogP contribution in [0.3, 0.4) is 0 Å². The van der Waals surface area contributed by atoms with Gasteiger partial charge in [-0.15, -0.1) is 0 Å². The van der Waals surface area contributed by atoms with Crippen LogP contribution in [-0.4, -0.2) is 19.8 Å². The highest BCUT2D eigenvalue weighted by atomic mass is 19.2. The van der Waals surface area contributed by atoms with Crippen molar-refractivity contribution >= 4 is 0 Å². The first kappa shape index (κ1) is 9.55. The smallest absolute Gasteiger partial charge is 0.163 e. The second-order valence-electron chi connectivity index (χ2n) is 3.22. The maximum atomic E-state index is 13.3. The molecule has 0 amide bonds. The minimum atomic E-state index is -0.810. The molecule has 0 aliphatic carbocycles. The van der Waals surface area contributed by atoms with Gasteiger partial charge in [0, 0.05) is 12.1 Å². The number of halogens is 2. The molecule has 1 aromatic rings. The zero-order chi connectivity index (χ0) is 9.97. The van der Waals surface area contributed by atoms with Gasteiger partial charge in [-0.25, -0.2) is 8.78 Å². The summed E-state index contributed by atoms with van der Waals surface area (Å²) in [4.78, 5) is 0. The summed E-state index contributed by atoms with van der Waals surface area (Å²) in [6.07, 6.45) is 0. The third-order valence-electron chi connectivity index (χ3n) is 2.28. The van der Waals surface area contributed by atoms with E-state index in [1.54, 1.807) is 6.07 Å². The van der Waals surface area contributed by atoms with Gasteiger partial charge in [0.1, 0.15) is 0 Å². The van der Waals surface area contributed by atoms with Gasteiger partial charge in [-0.2, -0.15) is 0 Å². The van der Waals surface area contributed by atoms with Crippen LogP contribution in [0.1, 0.15) is 11.6 Å². The van der Waals surface area contributed by atoms with Crippen molar-refractivity contribution in [3.8, 4) is 0 Å². The number of hydrogen-bond donors (Lipinski definition) is 1. The summed E-state index contributed by atoms with van der Waals surface area (Å²) < 4.78 is 31.4. The molecule has 1 fully saturated rings. The Balaban J connectivity index is 2.26. The molecule has 76 valence electrons. The van der Waals surface area contributed by atoms with Gasteiger partial charge in [0.05, 0.1) is 19.3 Å². The Morgan fingerprint density at radius 3 is 2.93 bits per heavy atom. The van der Waals surface area contributed by atoms with Crippen molar-refractivity contribution in [3.05, 3.63) is 35.4 Å². The van der Waals surface area contributed by atoms with Crippen LogP contribution in [0.2, 0.25) is 0 Å². The Hall–Kier alpha value is -1.00. The molecule has 0 saturated carbocycles. The fraction of sp³-hybridized carbons (Fsp3) is 0.400. The lowest BCUT2D eigenvalue weighted by Crippen LogP contribution is -2.35. The first-order chi connectivity index (χ1) is 6.79. The van der Waals surface area contributed by atoms with Crippen LogP contribution in [0, 0.1) is 11.6 Å². The molecule has 1 saturated heterocycles. The number of morpholine rings is 1. The molecule has 0 unspecified atom stereocenters. The Labute approximate surface area is 80.9 Å². The topological polar surface area (TPSA) is 21.3 Å². The first-order valence-corrected chi connectivity index (χ1v) is 4.54. The van der Waals surface area contributed by atoms with E-state index in [0.717, 1.165) is 6.07 Å². The van der Waals surface area contributed by atoms with E-state index < -0.39 is 11.6 Å². The highest BCUT2D eigenvalue weighted by molar-refractivity contribution is 5.22. The second kappa shape index (κ2) is 4.02. The molecular weight excluding hydrogens is 188 g/mol.